The number of piperidine rings is 1. The fraction of sp³-hybridized carbons (Fsp3) is 0.692. The minimum absolute atomic E-state index is 0.186. The number of hydrogen-bond donors (Lipinski definition) is 2. The van der Waals surface area contributed by atoms with Gasteiger partial charge in [-0.2, -0.15) is 0 Å². The SMILES string of the molecule is CC1CCCN(c2nc(C3CC3)c(C(=N)N)s2)C1. The molecule has 1 aromatic rings. The van der Waals surface area contributed by atoms with Crippen LogP contribution in [0.15, 0.2) is 0 Å². The van der Waals surface area contributed by atoms with Gasteiger partial charge < -0.3 is 10.6 Å². The molecule has 5 heteroatoms. The number of thiazole rings is 1. The molecule has 1 aromatic heterocycles. The molecule has 2 fully saturated rings. The molecule has 0 spiro atoms. The fourth-order valence-electron chi connectivity index (χ4n) is 2.65. The number of anilines is 1. The van der Waals surface area contributed by atoms with E-state index in [1.54, 1.807) is 11.3 Å². The van der Waals surface area contributed by atoms with Crippen LogP contribution in [-0.4, -0.2) is 23.9 Å². The minimum Gasteiger partial charge on any atom is -0.383 e. The summed E-state index contributed by atoms with van der Waals surface area (Å²) >= 11 is 1.61. The van der Waals surface area contributed by atoms with E-state index in [0.717, 1.165) is 34.7 Å². The number of nitrogens with zero attached hydrogens (tertiary/aromatic N) is 2. The molecule has 98 valence electrons. The molecule has 1 aliphatic carbocycles. The Morgan fingerprint density at radius 3 is 2.83 bits per heavy atom. The second kappa shape index (κ2) is 4.53. The van der Waals surface area contributed by atoms with E-state index in [2.05, 4.69) is 11.8 Å². The lowest BCUT2D eigenvalue weighted by Gasteiger charge is -2.30. The minimum atomic E-state index is 0.186. The highest BCUT2D eigenvalue weighted by molar-refractivity contribution is 7.17. The van der Waals surface area contributed by atoms with Gasteiger partial charge in [-0.3, -0.25) is 5.41 Å². The van der Waals surface area contributed by atoms with E-state index in [-0.39, 0.29) is 5.84 Å². The molecule has 0 amide bonds. The van der Waals surface area contributed by atoms with Gasteiger partial charge in [0.05, 0.1) is 10.6 Å². The molecule has 3 rings (SSSR count). The maximum atomic E-state index is 7.69. The quantitative estimate of drug-likeness (QED) is 0.651. The van der Waals surface area contributed by atoms with E-state index >= 15 is 0 Å². The third kappa shape index (κ3) is 2.23. The Hall–Kier alpha value is -1.10. The first-order chi connectivity index (χ1) is 8.65. The number of aromatic nitrogens is 1. The molecular formula is C13H20N4S. The number of hydrogen-bond acceptors (Lipinski definition) is 4. The Balaban J connectivity index is 1.87. The van der Waals surface area contributed by atoms with Crippen molar-refractivity contribution in [3.05, 3.63) is 10.6 Å². The van der Waals surface area contributed by atoms with Crippen LogP contribution in [0.4, 0.5) is 5.13 Å². The van der Waals surface area contributed by atoms with E-state index in [9.17, 15) is 0 Å². The first-order valence-electron chi connectivity index (χ1n) is 6.75. The van der Waals surface area contributed by atoms with Crippen molar-refractivity contribution in [1.82, 2.24) is 4.98 Å². The van der Waals surface area contributed by atoms with Crippen molar-refractivity contribution in [2.24, 2.45) is 11.7 Å². The summed E-state index contributed by atoms with van der Waals surface area (Å²) in [4.78, 5) is 8.06. The van der Waals surface area contributed by atoms with E-state index in [1.807, 2.05) is 0 Å². The second-order valence-corrected chi connectivity index (χ2v) is 6.57. The van der Waals surface area contributed by atoms with Gasteiger partial charge in [0.25, 0.3) is 0 Å². The molecule has 2 heterocycles. The third-order valence-corrected chi connectivity index (χ3v) is 4.94. The Morgan fingerprint density at radius 1 is 1.44 bits per heavy atom. The van der Waals surface area contributed by atoms with Crippen LogP contribution in [-0.2, 0) is 0 Å². The van der Waals surface area contributed by atoms with Gasteiger partial charge in [-0.25, -0.2) is 4.98 Å². The molecule has 1 saturated heterocycles. The molecule has 1 atom stereocenters. The lowest BCUT2D eigenvalue weighted by Crippen LogP contribution is -2.34. The van der Waals surface area contributed by atoms with Gasteiger partial charge in [0.2, 0.25) is 0 Å². The third-order valence-electron chi connectivity index (χ3n) is 3.78. The van der Waals surface area contributed by atoms with Crippen molar-refractivity contribution in [2.45, 2.75) is 38.5 Å². The molecule has 1 unspecified atom stereocenters. The zero-order valence-electron chi connectivity index (χ0n) is 10.8. The molecule has 1 aliphatic heterocycles. The molecule has 0 bridgehead atoms. The van der Waals surface area contributed by atoms with Gasteiger partial charge in [0, 0.05) is 19.0 Å². The molecule has 0 aromatic carbocycles. The smallest absolute Gasteiger partial charge is 0.186 e. The van der Waals surface area contributed by atoms with Crippen LogP contribution in [0.25, 0.3) is 0 Å². The summed E-state index contributed by atoms with van der Waals surface area (Å²) in [7, 11) is 0. The number of nitrogen functional groups attached to an aromatic ring is 1. The van der Waals surface area contributed by atoms with Gasteiger partial charge in [-0.15, -0.1) is 0 Å². The number of amidine groups is 1. The maximum Gasteiger partial charge on any atom is 0.186 e. The highest BCUT2D eigenvalue weighted by Gasteiger charge is 2.32. The highest BCUT2D eigenvalue weighted by atomic mass is 32.1. The van der Waals surface area contributed by atoms with Gasteiger partial charge in [0.15, 0.2) is 5.13 Å². The molecule has 4 nitrogen and oxygen atoms in total. The molecule has 1 saturated carbocycles. The van der Waals surface area contributed by atoms with Crippen LogP contribution < -0.4 is 10.6 Å². The van der Waals surface area contributed by atoms with E-state index in [4.69, 9.17) is 16.1 Å². The van der Waals surface area contributed by atoms with Crippen molar-refractivity contribution in [1.29, 1.82) is 5.41 Å². The average molecular weight is 264 g/mol. The summed E-state index contributed by atoms with van der Waals surface area (Å²) in [6.45, 7) is 4.49. The average Bonchev–Trinajstić information content (AvgIpc) is 3.07. The van der Waals surface area contributed by atoms with Gasteiger partial charge in [-0.1, -0.05) is 18.3 Å². The van der Waals surface area contributed by atoms with Crippen molar-refractivity contribution in [3.8, 4) is 0 Å². The summed E-state index contributed by atoms with van der Waals surface area (Å²) < 4.78 is 0. The first kappa shape index (κ1) is 12.0. The zero-order chi connectivity index (χ0) is 12.7. The molecule has 3 N–H and O–H groups in total. The summed E-state index contributed by atoms with van der Waals surface area (Å²) in [6.07, 6.45) is 4.98. The first-order valence-corrected chi connectivity index (χ1v) is 7.57. The predicted molar refractivity (Wildman–Crippen MR) is 75.7 cm³/mol. The predicted octanol–water partition coefficient (Wildman–Crippen LogP) is 2.54. The van der Waals surface area contributed by atoms with Crippen LogP contribution in [0.5, 0.6) is 0 Å². The summed E-state index contributed by atoms with van der Waals surface area (Å²) in [5.41, 5.74) is 6.77. The van der Waals surface area contributed by atoms with Crippen LogP contribution in [0.3, 0.4) is 0 Å². The number of nitrogens with one attached hydrogen (secondary N) is 1. The molecule has 18 heavy (non-hydrogen) atoms. The van der Waals surface area contributed by atoms with E-state index in [0.29, 0.717) is 5.92 Å². The maximum absolute atomic E-state index is 7.69. The number of nitrogens with two attached hydrogens (primary N) is 1. The van der Waals surface area contributed by atoms with E-state index in [1.165, 1.54) is 25.7 Å². The molecule has 0 radical (unpaired) electrons. The largest absolute Gasteiger partial charge is 0.383 e. The van der Waals surface area contributed by atoms with Gasteiger partial charge >= 0.3 is 0 Å². The monoisotopic (exact) mass is 264 g/mol. The Morgan fingerprint density at radius 2 is 2.22 bits per heavy atom. The van der Waals surface area contributed by atoms with Crippen molar-refractivity contribution in [2.75, 3.05) is 18.0 Å². The summed E-state index contributed by atoms with van der Waals surface area (Å²) in [5, 5.41) is 8.77. The molecule has 2 aliphatic rings. The Labute approximate surface area is 112 Å². The summed E-state index contributed by atoms with van der Waals surface area (Å²) in [6, 6.07) is 0. The lowest BCUT2D eigenvalue weighted by atomic mass is 10.0. The standard InChI is InChI=1S/C13H20N4S/c1-8-3-2-6-17(7-8)13-16-10(9-4-5-9)11(18-13)12(14)15/h8-9H,2-7H2,1H3,(H3,14,15). The highest BCUT2D eigenvalue weighted by Crippen LogP contribution is 2.44. The zero-order valence-corrected chi connectivity index (χ0v) is 11.6. The lowest BCUT2D eigenvalue weighted by molar-refractivity contribution is 0.446. The number of rotatable bonds is 3. The summed E-state index contributed by atoms with van der Waals surface area (Å²) in [5.74, 6) is 1.50. The van der Waals surface area contributed by atoms with Crippen molar-refractivity contribution >= 4 is 22.3 Å². The van der Waals surface area contributed by atoms with Crippen LogP contribution in [0.2, 0.25) is 0 Å². The van der Waals surface area contributed by atoms with E-state index < -0.39 is 0 Å². The van der Waals surface area contributed by atoms with Crippen LogP contribution in [0, 0.1) is 11.3 Å². The van der Waals surface area contributed by atoms with Crippen molar-refractivity contribution < 1.29 is 0 Å². The molecular weight excluding hydrogens is 244 g/mol. The van der Waals surface area contributed by atoms with Gasteiger partial charge in [0.1, 0.15) is 5.84 Å². The topological polar surface area (TPSA) is 66.0 Å². The van der Waals surface area contributed by atoms with Crippen LogP contribution in [0.1, 0.15) is 49.1 Å². The van der Waals surface area contributed by atoms with Crippen LogP contribution >= 0.6 is 11.3 Å². The normalized spacial score (nSPS) is 24.3. The van der Waals surface area contributed by atoms with Gasteiger partial charge in [-0.05, 0) is 31.6 Å². The Kier molecular flexibility index (Phi) is 3.01. The van der Waals surface area contributed by atoms with Crippen molar-refractivity contribution in [3.63, 3.8) is 0 Å². The second-order valence-electron chi connectivity index (χ2n) is 5.59. The Bertz CT molecular complexity index is 464. The fourth-order valence-corrected chi connectivity index (χ4v) is 3.69.